The lowest BCUT2D eigenvalue weighted by Crippen LogP contribution is -2.37. The molecule has 90 valence electrons. The predicted molar refractivity (Wildman–Crippen MR) is 68.0 cm³/mol. The van der Waals surface area contributed by atoms with Crippen LogP contribution in [-0.4, -0.2) is 29.3 Å². The van der Waals surface area contributed by atoms with E-state index in [0.717, 1.165) is 18.5 Å². The number of pyridine rings is 1. The summed E-state index contributed by atoms with van der Waals surface area (Å²) in [5, 5.41) is 9.77. The van der Waals surface area contributed by atoms with Crippen LogP contribution in [0.15, 0.2) is 18.5 Å². The molecule has 3 nitrogen and oxygen atoms in total. The van der Waals surface area contributed by atoms with E-state index in [1.807, 2.05) is 6.07 Å². The lowest BCUT2D eigenvalue weighted by Gasteiger charge is -2.32. The lowest BCUT2D eigenvalue weighted by atomic mass is 10.1. The monoisotopic (exact) mass is 242 g/mol. The largest absolute Gasteiger partial charge is 0.395 e. The minimum absolute atomic E-state index is 0.134. The maximum absolute atomic E-state index is 9.13. The highest BCUT2D eigenvalue weighted by Crippen LogP contribution is 2.27. The van der Waals surface area contributed by atoms with Gasteiger partial charge in [-0.15, -0.1) is 0 Å². The first-order chi connectivity index (χ1) is 7.74. The molecule has 1 N–H and O–H groups in total. The van der Waals surface area contributed by atoms with Gasteiger partial charge in [-0.2, -0.15) is 0 Å². The second kappa shape index (κ2) is 6.71. The first kappa shape index (κ1) is 13.3. The Labute approximate surface area is 102 Å². The second-order valence-electron chi connectivity index (χ2n) is 3.71. The van der Waals surface area contributed by atoms with Crippen molar-refractivity contribution in [3.05, 3.63) is 23.5 Å². The molecule has 0 saturated carbocycles. The van der Waals surface area contributed by atoms with Gasteiger partial charge in [0.2, 0.25) is 0 Å². The molecule has 16 heavy (non-hydrogen) atoms. The number of nitrogens with zero attached hydrogens (tertiary/aromatic N) is 2. The van der Waals surface area contributed by atoms with Gasteiger partial charge in [0.1, 0.15) is 0 Å². The molecule has 0 aliphatic heterocycles. The third-order valence-electron chi connectivity index (χ3n) is 2.78. The summed E-state index contributed by atoms with van der Waals surface area (Å²) in [4.78, 5) is 6.13. The summed E-state index contributed by atoms with van der Waals surface area (Å²) in [5.41, 5.74) is 0.958. The fraction of sp³-hybridized carbons (Fsp3) is 0.583. The third kappa shape index (κ3) is 3.09. The zero-order chi connectivity index (χ0) is 12.0. The molecule has 0 aliphatic rings. The van der Waals surface area contributed by atoms with Crippen LogP contribution in [0.2, 0.25) is 5.02 Å². The van der Waals surface area contributed by atoms with Crippen molar-refractivity contribution in [2.24, 2.45) is 0 Å². The van der Waals surface area contributed by atoms with Crippen LogP contribution in [0.3, 0.4) is 0 Å². The Morgan fingerprint density at radius 3 is 2.62 bits per heavy atom. The summed E-state index contributed by atoms with van der Waals surface area (Å²) in [5.74, 6) is 0. The first-order valence-corrected chi connectivity index (χ1v) is 6.09. The molecule has 1 aromatic heterocycles. The Kier molecular flexibility index (Phi) is 5.56. The molecule has 0 aromatic carbocycles. The van der Waals surface area contributed by atoms with E-state index >= 15 is 0 Å². The Bertz CT molecular complexity index is 316. The van der Waals surface area contributed by atoms with Gasteiger partial charge in [0.05, 0.1) is 17.3 Å². The normalized spacial score (nSPS) is 10.8. The number of anilines is 1. The summed E-state index contributed by atoms with van der Waals surface area (Å²) in [6.45, 7) is 5.03. The smallest absolute Gasteiger partial charge is 0.0822 e. The van der Waals surface area contributed by atoms with E-state index in [9.17, 15) is 0 Å². The van der Waals surface area contributed by atoms with Gasteiger partial charge >= 0.3 is 0 Å². The van der Waals surface area contributed by atoms with E-state index in [1.54, 1.807) is 12.4 Å². The van der Waals surface area contributed by atoms with Crippen molar-refractivity contribution in [3.8, 4) is 0 Å². The molecular formula is C12H19ClN2O. The van der Waals surface area contributed by atoms with Crippen molar-refractivity contribution in [1.82, 2.24) is 4.98 Å². The summed E-state index contributed by atoms with van der Waals surface area (Å²) in [6.07, 6.45) is 5.45. The van der Waals surface area contributed by atoms with Crippen molar-refractivity contribution >= 4 is 17.3 Å². The van der Waals surface area contributed by atoms with Gasteiger partial charge in [-0.3, -0.25) is 4.98 Å². The minimum Gasteiger partial charge on any atom is -0.395 e. The van der Waals surface area contributed by atoms with Crippen LogP contribution in [0.4, 0.5) is 5.69 Å². The highest BCUT2D eigenvalue weighted by Gasteiger charge is 2.17. The molecule has 4 heteroatoms. The fourth-order valence-electron chi connectivity index (χ4n) is 1.94. The minimum atomic E-state index is 0.134. The molecule has 0 amide bonds. The zero-order valence-electron chi connectivity index (χ0n) is 9.86. The third-order valence-corrected chi connectivity index (χ3v) is 3.08. The van der Waals surface area contributed by atoms with Crippen LogP contribution >= 0.6 is 11.6 Å². The quantitative estimate of drug-likeness (QED) is 0.833. The topological polar surface area (TPSA) is 36.4 Å². The highest BCUT2D eigenvalue weighted by molar-refractivity contribution is 6.33. The van der Waals surface area contributed by atoms with Crippen LogP contribution < -0.4 is 4.90 Å². The van der Waals surface area contributed by atoms with Gasteiger partial charge < -0.3 is 10.0 Å². The maximum atomic E-state index is 9.13. The summed E-state index contributed by atoms with van der Waals surface area (Å²) >= 11 is 6.13. The standard InChI is InChI=1S/C12H19ClN2O/c1-3-10(4-2)15(7-8-16)12-5-6-14-9-11(12)13/h5-6,9-10,16H,3-4,7-8H2,1-2H3. The molecule has 0 fully saturated rings. The van der Waals surface area contributed by atoms with Gasteiger partial charge in [0.15, 0.2) is 0 Å². The van der Waals surface area contributed by atoms with Crippen molar-refractivity contribution in [2.45, 2.75) is 32.7 Å². The van der Waals surface area contributed by atoms with E-state index in [-0.39, 0.29) is 6.61 Å². The van der Waals surface area contributed by atoms with Gasteiger partial charge in [-0.25, -0.2) is 0 Å². The molecule has 0 atom stereocenters. The molecular weight excluding hydrogens is 224 g/mol. The molecule has 0 unspecified atom stereocenters. The molecule has 0 radical (unpaired) electrons. The summed E-state index contributed by atoms with van der Waals surface area (Å²) < 4.78 is 0. The number of aromatic nitrogens is 1. The van der Waals surface area contributed by atoms with Gasteiger partial charge in [-0.1, -0.05) is 25.4 Å². The predicted octanol–water partition coefficient (Wildman–Crippen LogP) is 2.72. The molecule has 0 spiro atoms. The van der Waals surface area contributed by atoms with Crippen molar-refractivity contribution < 1.29 is 5.11 Å². The number of hydrogen-bond acceptors (Lipinski definition) is 3. The Balaban J connectivity index is 2.97. The van der Waals surface area contributed by atoms with E-state index in [4.69, 9.17) is 16.7 Å². The van der Waals surface area contributed by atoms with Crippen LogP contribution in [0.25, 0.3) is 0 Å². The van der Waals surface area contributed by atoms with Crippen molar-refractivity contribution in [2.75, 3.05) is 18.1 Å². The van der Waals surface area contributed by atoms with E-state index in [0.29, 0.717) is 17.6 Å². The van der Waals surface area contributed by atoms with Gasteiger partial charge in [0, 0.05) is 25.0 Å². The zero-order valence-corrected chi connectivity index (χ0v) is 10.6. The fourth-order valence-corrected chi connectivity index (χ4v) is 2.17. The lowest BCUT2D eigenvalue weighted by molar-refractivity contribution is 0.296. The van der Waals surface area contributed by atoms with Crippen molar-refractivity contribution in [1.29, 1.82) is 0 Å². The average molecular weight is 243 g/mol. The highest BCUT2D eigenvalue weighted by atomic mass is 35.5. The molecule has 1 aromatic rings. The van der Waals surface area contributed by atoms with Crippen LogP contribution in [0, 0.1) is 0 Å². The number of halogens is 1. The van der Waals surface area contributed by atoms with Crippen molar-refractivity contribution in [3.63, 3.8) is 0 Å². The maximum Gasteiger partial charge on any atom is 0.0822 e. The second-order valence-corrected chi connectivity index (χ2v) is 4.12. The van der Waals surface area contributed by atoms with Crippen LogP contribution in [0.1, 0.15) is 26.7 Å². The Morgan fingerprint density at radius 2 is 2.12 bits per heavy atom. The van der Waals surface area contributed by atoms with Gasteiger partial charge in [-0.05, 0) is 18.9 Å². The van der Waals surface area contributed by atoms with Gasteiger partial charge in [0.25, 0.3) is 0 Å². The summed E-state index contributed by atoms with van der Waals surface area (Å²) in [7, 11) is 0. The first-order valence-electron chi connectivity index (χ1n) is 5.71. The van der Waals surface area contributed by atoms with E-state index in [2.05, 4.69) is 23.7 Å². The number of aliphatic hydroxyl groups excluding tert-OH is 1. The SMILES string of the molecule is CCC(CC)N(CCO)c1ccncc1Cl. The molecule has 0 aliphatic carbocycles. The number of rotatable bonds is 6. The number of hydrogen-bond donors (Lipinski definition) is 1. The van der Waals surface area contributed by atoms with E-state index < -0.39 is 0 Å². The molecule has 1 rings (SSSR count). The number of aliphatic hydroxyl groups is 1. The van der Waals surface area contributed by atoms with Crippen LogP contribution in [0.5, 0.6) is 0 Å². The summed E-state index contributed by atoms with van der Waals surface area (Å²) in [6, 6.07) is 2.31. The average Bonchev–Trinajstić information content (AvgIpc) is 2.30. The Hall–Kier alpha value is -0.800. The molecule has 0 bridgehead atoms. The molecule has 0 saturated heterocycles. The van der Waals surface area contributed by atoms with E-state index in [1.165, 1.54) is 0 Å². The van der Waals surface area contributed by atoms with Crippen LogP contribution in [-0.2, 0) is 0 Å². The Morgan fingerprint density at radius 1 is 1.44 bits per heavy atom. The molecule has 1 heterocycles.